The van der Waals surface area contributed by atoms with Crippen molar-refractivity contribution in [2.24, 2.45) is 4.99 Å². The van der Waals surface area contributed by atoms with E-state index in [9.17, 15) is 0 Å². The molecule has 7 heteroatoms. The molecule has 0 aromatic heterocycles. The lowest BCUT2D eigenvalue weighted by atomic mass is 10.1. The van der Waals surface area contributed by atoms with Gasteiger partial charge in [0, 0.05) is 38.3 Å². The van der Waals surface area contributed by atoms with Crippen molar-refractivity contribution in [1.82, 2.24) is 9.80 Å². The summed E-state index contributed by atoms with van der Waals surface area (Å²) in [5.41, 5.74) is 3.36. The number of hydrogen-bond donors (Lipinski definition) is 0. The van der Waals surface area contributed by atoms with E-state index < -0.39 is 0 Å². The predicted octanol–water partition coefficient (Wildman–Crippen LogP) is 4.97. The van der Waals surface area contributed by atoms with Gasteiger partial charge in [0.1, 0.15) is 17.3 Å². The highest BCUT2D eigenvalue weighted by atomic mass is 16.7. The van der Waals surface area contributed by atoms with Gasteiger partial charge in [-0.05, 0) is 29.8 Å². The molecule has 0 spiro atoms. The zero-order valence-corrected chi connectivity index (χ0v) is 18.0. The summed E-state index contributed by atoms with van der Waals surface area (Å²) in [6.07, 6.45) is 0. The molecule has 0 aliphatic carbocycles. The minimum absolute atomic E-state index is 0.295. The first-order valence-corrected chi connectivity index (χ1v) is 11.0. The molecule has 7 nitrogen and oxygen atoms in total. The van der Waals surface area contributed by atoms with Crippen molar-refractivity contribution in [2.45, 2.75) is 6.54 Å². The second-order valence-corrected chi connectivity index (χ2v) is 8.22. The van der Waals surface area contributed by atoms with Gasteiger partial charge < -0.3 is 19.1 Å². The summed E-state index contributed by atoms with van der Waals surface area (Å²) in [4.78, 5) is 13.4. The molecule has 0 radical (unpaired) electrons. The van der Waals surface area contributed by atoms with Gasteiger partial charge in [0.25, 0.3) is 0 Å². The van der Waals surface area contributed by atoms with E-state index in [-0.39, 0.29) is 0 Å². The highest BCUT2D eigenvalue weighted by Crippen LogP contribution is 2.43. The van der Waals surface area contributed by atoms with Gasteiger partial charge in [-0.25, -0.2) is 9.84 Å². The number of nitrogens with zero attached hydrogens (tertiary/aromatic N) is 4. The Hall–Kier alpha value is -4.02. The van der Waals surface area contributed by atoms with E-state index in [1.54, 1.807) is 6.07 Å². The quantitative estimate of drug-likeness (QED) is 0.529. The largest absolute Gasteiger partial charge is 0.465 e. The maximum atomic E-state index is 7.60. The topological polar surface area (TPSA) is 50.9 Å². The molecule has 0 amide bonds. The summed E-state index contributed by atoms with van der Waals surface area (Å²) in [5.74, 6) is 3.76. The van der Waals surface area contributed by atoms with Crippen molar-refractivity contribution < 1.29 is 14.2 Å². The molecule has 164 valence electrons. The summed E-state index contributed by atoms with van der Waals surface area (Å²) in [7, 11) is 0. The van der Waals surface area contributed by atoms with Crippen LogP contribution >= 0.6 is 0 Å². The molecule has 3 aliphatic rings. The monoisotopic (exact) mass is 438 g/mol. The van der Waals surface area contributed by atoms with Gasteiger partial charge in [0.05, 0.1) is 6.57 Å². The molecule has 1 fully saturated rings. The fourth-order valence-corrected chi connectivity index (χ4v) is 4.47. The molecule has 33 heavy (non-hydrogen) atoms. The van der Waals surface area contributed by atoms with E-state index >= 15 is 0 Å². The molecular weight excluding hydrogens is 416 g/mol. The van der Waals surface area contributed by atoms with E-state index in [0.717, 1.165) is 61.3 Å². The Morgan fingerprint density at radius 3 is 2.61 bits per heavy atom. The predicted molar refractivity (Wildman–Crippen MR) is 125 cm³/mol. The molecule has 3 aliphatic heterocycles. The third-order valence-corrected chi connectivity index (χ3v) is 6.17. The highest BCUT2D eigenvalue weighted by molar-refractivity contribution is 6.05. The molecule has 3 aromatic rings. The third-order valence-electron chi connectivity index (χ3n) is 6.17. The van der Waals surface area contributed by atoms with Crippen molar-refractivity contribution in [3.63, 3.8) is 0 Å². The van der Waals surface area contributed by atoms with Crippen LogP contribution in [0.4, 0.5) is 11.4 Å². The third kappa shape index (κ3) is 3.65. The fourth-order valence-electron chi connectivity index (χ4n) is 4.47. The standard InChI is InChI=1S/C26H22N4O3/c1-27-21-7-4-5-19-25(21)33-22-8-3-2-6-20(22)28-26(19)30-13-11-29(12-14-30)16-18-9-10-23-24(15-18)32-17-31-23/h2-10,15H,11-14,16-17H2. The molecule has 1 saturated heterocycles. The van der Waals surface area contributed by atoms with Crippen LogP contribution in [0.15, 0.2) is 65.7 Å². The number of fused-ring (bicyclic) bond motifs is 3. The lowest BCUT2D eigenvalue weighted by molar-refractivity contribution is 0.172. The second-order valence-electron chi connectivity index (χ2n) is 8.22. The van der Waals surface area contributed by atoms with Gasteiger partial charge in [-0.15, -0.1) is 0 Å². The van der Waals surface area contributed by atoms with E-state index in [1.807, 2.05) is 42.5 Å². The van der Waals surface area contributed by atoms with Crippen LogP contribution < -0.4 is 14.2 Å². The number of amidine groups is 1. The number of para-hydroxylation sites is 3. The average molecular weight is 438 g/mol. The number of ether oxygens (including phenoxy) is 3. The molecule has 0 atom stereocenters. The Morgan fingerprint density at radius 1 is 0.879 bits per heavy atom. The van der Waals surface area contributed by atoms with Crippen molar-refractivity contribution in [2.75, 3.05) is 33.0 Å². The molecule has 6 rings (SSSR count). The van der Waals surface area contributed by atoms with Crippen molar-refractivity contribution in [3.8, 4) is 23.0 Å². The van der Waals surface area contributed by atoms with Gasteiger partial charge in [-0.1, -0.05) is 36.4 Å². The van der Waals surface area contributed by atoms with Crippen LogP contribution in [0.2, 0.25) is 0 Å². The van der Waals surface area contributed by atoms with Crippen molar-refractivity contribution in [3.05, 3.63) is 83.2 Å². The van der Waals surface area contributed by atoms with Crippen molar-refractivity contribution >= 4 is 17.2 Å². The van der Waals surface area contributed by atoms with Crippen LogP contribution in [0.25, 0.3) is 4.85 Å². The smallest absolute Gasteiger partial charge is 0.231 e. The molecule has 0 saturated carbocycles. The van der Waals surface area contributed by atoms with Gasteiger partial charge in [-0.2, -0.15) is 0 Å². The molecule has 0 bridgehead atoms. The zero-order chi connectivity index (χ0) is 22.2. The van der Waals surface area contributed by atoms with Crippen LogP contribution in [-0.2, 0) is 6.54 Å². The second kappa shape index (κ2) is 8.15. The fraction of sp³-hybridized carbons (Fsp3) is 0.231. The van der Waals surface area contributed by atoms with Crippen LogP contribution in [0.5, 0.6) is 23.0 Å². The van der Waals surface area contributed by atoms with Gasteiger partial charge in [0.2, 0.25) is 12.5 Å². The highest BCUT2D eigenvalue weighted by Gasteiger charge is 2.27. The SMILES string of the molecule is [C-]#[N+]c1cccc2c1Oc1ccccc1N=C2N1CCN(Cc2ccc3c(c2)OCO3)CC1. The Labute approximate surface area is 192 Å². The van der Waals surface area contributed by atoms with E-state index in [0.29, 0.717) is 24.0 Å². The molecule has 3 aromatic carbocycles. The first-order valence-electron chi connectivity index (χ1n) is 11.0. The van der Waals surface area contributed by atoms with E-state index in [4.69, 9.17) is 25.8 Å². The summed E-state index contributed by atoms with van der Waals surface area (Å²) < 4.78 is 17.1. The Morgan fingerprint density at radius 2 is 1.73 bits per heavy atom. The number of piperazine rings is 1. The maximum Gasteiger partial charge on any atom is 0.231 e. The normalized spacial score (nSPS) is 16.7. The lowest BCUT2D eigenvalue weighted by Gasteiger charge is -2.36. The number of hydrogen-bond acceptors (Lipinski definition) is 6. The molecule has 0 unspecified atom stereocenters. The minimum atomic E-state index is 0.295. The summed E-state index contributed by atoms with van der Waals surface area (Å²) in [6, 6.07) is 19.6. The number of rotatable bonds is 2. The number of aliphatic imine (C=N–C) groups is 1. The zero-order valence-electron chi connectivity index (χ0n) is 18.0. The van der Waals surface area contributed by atoms with Crippen LogP contribution in [0, 0.1) is 6.57 Å². The van der Waals surface area contributed by atoms with Gasteiger partial charge in [0.15, 0.2) is 17.2 Å². The Balaban J connectivity index is 1.25. The van der Waals surface area contributed by atoms with Crippen LogP contribution in [0.3, 0.4) is 0 Å². The number of benzene rings is 3. The molecule has 0 N–H and O–H groups in total. The maximum absolute atomic E-state index is 7.60. The van der Waals surface area contributed by atoms with Crippen LogP contribution in [0.1, 0.15) is 11.1 Å². The Kier molecular flexibility index (Phi) is 4.85. The van der Waals surface area contributed by atoms with Gasteiger partial charge in [-0.3, -0.25) is 4.90 Å². The molecular formula is C26H22N4O3. The summed E-state index contributed by atoms with van der Waals surface area (Å²) in [5, 5.41) is 0. The lowest BCUT2D eigenvalue weighted by Crippen LogP contribution is -2.48. The van der Waals surface area contributed by atoms with Crippen LogP contribution in [-0.4, -0.2) is 48.6 Å². The van der Waals surface area contributed by atoms with Gasteiger partial charge >= 0.3 is 0 Å². The van der Waals surface area contributed by atoms with E-state index in [1.165, 1.54) is 5.56 Å². The average Bonchev–Trinajstić information content (AvgIpc) is 3.25. The minimum Gasteiger partial charge on any atom is -0.465 e. The summed E-state index contributed by atoms with van der Waals surface area (Å²) in [6.45, 7) is 12.3. The first-order chi connectivity index (χ1) is 16.3. The molecule has 3 heterocycles. The Bertz CT molecular complexity index is 1290. The van der Waals surface area contributed by atoms with Crippen molar-refractivity contribution in [1.29, 1.82) is 0 Å². The summed E-state index contributed by atoms with van der Waals surface area (Å²) >= 11 is 0. The first kappa shape index (κ1) is 19.6. The van der Waals surface area contributed by atoms with E-state index in [2.05, 4.69) is 26.8 Å².